The zero-order valence-electron chi connectivity index (χ0n) is 21.9. The van der Waals surface area contributed by atoms with Crippen LogP contribution in [0.25, 0.3) is 11.4 Å². The highest BCUT2D eigenvalue weighted by molar-refractivity contribution is 6.05. The minimum Gasteiger partial charge on any atom is -0.449 e. The monoisotopic (exact) mass is 587 g/mol. The average molecular weight is 587 g/mol. The molecule has 16 heteroatoms. The van der Waals surface area contributed by atoms with Crippen molar-refractivity contribution >= 4 is 40.8 Å². The molecule has 3 aromatic rings. The number of amides is 3. The van der Waals surface area contributed by atoms with Crippen molar-refractivity contribution in [3.63, 3.8) is 0 Å². The molecular formula is C26H23F2N5O9. The fraction of sp³-hybridized carbons (Fsp3) is 0.308. The number of rotatable bonds is 7. The van der Waals surface area contributed by atoms with E-state index in [9.17, 15) is 32.8 Å². The Bertz CT molecular complexity index is 1580. The molecular weight excluding hydrogens is 564 g/mol. The van der Waals surface area contributed by atoms with E-state index in [0.717, 1.165) is 19.1 Å². The minimum absolute atomic E-state index is 0.0456. The largest absolute Gasteiger partial charge is 0.449 e. The van der Waals surface area contributed by atoms with Gasteiger partial charge in [-0.25, -0.2) is 13.6 Å². The summed E-state index contributed by atoms with van der Waals surface area (Å²) in [6.07, 6.45) is -3.44. The van der Waals surface area contributed by atoms with Crippen molar-refractivity contribution in [1.29, 1.82) is 0 Å². The number of carbonyl (C=O) groups excluding carboxylic acids is 4. The quantitative estimate of drug-likeness (QED) is 0.379. The van der Waals surface area contributed by atoms with Crippen LogP contribution >= 0.6 is 0 Å². The molecule has 2 aliphatic rings. The molecule has 0 bridgehead atoms. The average Bonchev–Trinajstić information content (AvgIpc) is 3.37. The lowest BCUT2D eigenvalue weighted by Gasteiger charge is -2.35. The maximum atomic E-state index is 14.7. The number of aromatic amines is 1. The van der Waals surface area contributed by atoms with Crippen LogP contribution in [0.1, 0.15) is 6.92 Å². The smallest absolute Gasteiger partial charge is 0.439 e. The third-order valence-corrected chi connectivity index (χ3v) is 6.37. The highest BCUT2D eigenvalue weighted by atomic mass is 19.1. The van der Waals surface area contributed by atoms with Crippen molar-refractivity contribution in [3.8, 4) is 11.4 Å². The number of H-pyrrole nitrogens is 1. The van der Waals surface area contributed by atoms with Crippen molar-refractivity contribution in [3.05, 3.63) is 58.6 Å². The first-order chi connectivity index (χ1) is 20.1. The Morgan fingerprint density at radius 2 is 1.76 bits per heavy atom. The van der Waals surface area contributed by atoms with Gasteiger partial charge >= 0.3 is 11.7 Å². The van der Waals surface area contributed by atoms with Gasteiger partial charge in [-0.15, -0.1) is 0 Å². The molecule has 2 fully saturated rings. The van der Waals surface area contributed by atoms with Crippen LogP contribution in [0.5, 0.6) is 0 Å². The zero-order valence-corrected chi connectivity index (χ0v) is 21.9. The first kappa shape index (κ1) is 28.6. The van der Waals surface area contributed by atoms with Crippen LogP contribution in [0, 0.1) is 11.6 Å². The number of halogens is 2. The highest BCUT2D eigenvalue weighted by Crippen LogP contribution is 2.29. The molecule has 42 heavy (non-hydrogen) atoms. The molecule has 0 radical (unpaired) electrons. The highest BCUT2D eigenvalue weighted by Gasteiger charge is 2.43. The molecule has 1 aromatic heterocycles. The number of ether oxygens (including phenoxy) is 3. The molecule has 0 aliphatic carbocycles. The molecule has 2 saturated heterocycles. The van der Waals surface area contributed by atoms with Crippen LogP contribution in [-0.2, 0) is 33.4 Å². The summed E-state index contributed by atoms with van der Waals surface area (Å²) in [6.45, 7) is 1.67. The van der Waals surface area contributed by atoms with E-state index >= 15 is 0 Å². The Hall–Kier alpha value is -4.96. The summed E-state index contributed by atoms with van der Waals surface area (Å²) in [5, 5.41) is 5.47. The number of hydrogen-bond acceptors (Lipinski definition) is 10. The van der Waals surface area contributed by atoms with E-state index in [1.54, 1.807) is 24.3 Å². The molecule has 0 saturated carbocycles. The summed E-state index contributed by atoms with van der Waals surface area (Å²) >= 11 is 0. The lowest BCUT2D eigenvalue weighted by Crippen LogP contribution is -2.56. The molecule has 3 amide bonds. The first-order valence-corrected chi connectivity index (χ1v) is 12.6. The third-order valence-electron chi connectivity index (χ3n) is 6.37. The Morgan fingerprint density at radius 1 is 1.07 bits per heavy atom. The molecule has 2 aliphatic heterocycles. The predicted octanol–water partition coefficient (Wildman–Crippen LogP) is 0.973. The van der Waals surface area contributed by atoms with Gasteiger partial charge in [0, 0.05) is 37.1 Å². The number of anilines is 3. The van der Waals surface area contributed by atoms with Crippen LogP contribution in [-0.4, -0.2) is 78.9 Å². The van der Waals surface area contributed by atoms with Gasteiger partial charge in [-0.2, -0.15) is 0 Å². The molecule has 14 nitrogen and oxygen atoms in total. The Balaban J connectivity index is 1.37. The maximum Gasteiger partial charge on any atom is 0.439 e. The molecule has 0 spiro atoms. The van der Waals surface area contributed by atoms with E-state index in [1.807, 2.05) is 4.98 Å². The summed E-state index contributed by atoms with van der Waals surface area (Å²) in [5.41, 5.74) is -0.159. The van der Waals surface area contributed by atoms with E-state index in [1.165, 1.54) is 9.80 Å². The van der Waals surface area contributed by atoms with Gasteiger partial charge in [-0.3, -0.25) is 28.7 Å². The number of esters is 1. The van der Waals surface area contributed by atoms with Gasteiger partial charge in [0.15, 0.2) is 11.9 Å². The number of carbonyl (C=O) groups is 4. The number of benzene rings is 2. The standard InChI is InChI=1S/C26H23F2N5O9/c1-13(34)41-21(24(36)29-14-9-17(27)20(18(28)10-14)23-30-26(38)42-31-23)22-25(37)33(6-8-40-22)16-4-2-3-15(11-16)32-5-7-39-12-19(32)35/h2-4,9-11,21-22H,5-8,12H2,1H3,(H,29,36)(H,30,31,38). The van der Waals surface area contributed by atoms with Gasteiger partial charge in [0.1, 0.15) is 18.2 Å². The lowest BCUT2D eigenvalue weighted by molar-refractivity contribution is -0.167. The van der Waals surface area contributed by atoms with Crippen LogP contribution in [0.2, 0.25) is 0 Å². The number of nitrogens with one attached hydrogen (secondary N) is 2. The molecule has 2 unspecified atom stereocenters. The number of nitrogens with zero attached hydrogens (tertiary/aromatic N) is 3. The molecule has 2 aromatic carbocycles. The minimum atomic E-state index is -1.83. The van der Waals surface area contributed by atoms with Crippen LogP contribution in [0.15, 0.2) is 45.7 Å². The van der Waals surface area contributed by atoms with Crippen molar-refractivity contribution in [1.82, 2.24) is 10.1 Å². The van der Waals surface area contributed by atoms with Crippen molar-refractivity contribution in [2.45, 2.75) is 19.1 Å². The van der Waals surface area contributed by atoms with Crippen LogP contribution in [0.3, 0.4) is 0 Å². The van der Waals surface area contributed by atoms with Gasteiger partial charge in [0.2, 0.25) is 6.10 Å². The molecule has 220 valence electrons. The van der Waals surface area contributed by atoms with Gasteiger partial charge in [0.25, 0.3) is 17.7 Å². The fourth-order valence-corrected chi connectivity index (χ4v) is 4.55. The maximum absolute atomic E-state index is 14.7. The number of morpholine rings is 2. The Labute approximate surface area is 235 Å². The van der Waals surface area contributed by atoms with Crippen molar-refractivity contribution in [2.75, 3.05) is 48.0 Å². The van der Waals surface area contributed by atoms with Crippen molar-refractivity contribution in [2.24, 2.45) is 0 Å². The SMILES string of the molecule is CC(=O)OC(C(=O)Nc1cc(F)c(-c2noc(=O)[nH]2)c(F)c1)C1OCCN(c2cccc(N3CCOCC3=O)c2)C1=O. The summed E-state index contributed by atoms with van der Waals surface area (Å²) in [5.74, 6) is -6.92. The molecule has 2 N–H and O–H groups in total. The third kappa shape index (κ3) is 5.89. The fourth-order valence-electron chi connectivity index (χ4n) is 4.55. The van der Waals surface area contributed by atoms with Gasteiger partial charge in [-0.1, -0.05) is 11.2 Å². The number of hydrogen-bond donors (Lipinski definition) is 2. The van der Waals surface area contributed by atoms with E-state index < -0.39 is 58.8 Å². The molecule has 5 rings (SSSR count). The first-order valence-electron chi connectivity index (χ1n) is 12.6. The van der Waals surface area contributed by atoms with Crippen LogP contribution in [0.4, 0.5) is 25.8 Å². The second-order valence-corrected chi connectivity index (χ2v) is 9.18. The van der Waals surface area contributed by atoms with E-state index in [2.05, 4.69) is 15.0 Å². The van der Waals surface area contributed by atoms with Crippen molar-refractivity contribution < 1.29 is 46.7 Å². The normalized spacial score (nSPS) is 18.1. The zero-order chi connectivity index (χ0) is 30.0. The van der Waals surface area contributed by atoms with E-state index in [0.29, 0.717) is 24.5 Å². The lowest BCUT2D eigenvalue weighted by atomic mass is 10.1. The van der Waals surface area contributed by atoms with E-state index in [4.69, 9.17) is 14.2 Å². The van der Waals surface area contributed by atoms with Gasteiger partial charge in [-0.05, 0) is 30.3 Å². The second-order valence-electron chi connectivity index (χ2n) is 9.18. The molecule has 3 heterocycles. The summed E-state index contributed by atoms with van der Waals surface area (Å²) in [6, 6.07) is 8.09. The van der Waals surface area contributed by atoms with Crippen LogP contribution < -0.4 is 20.9 Å². The van der Waals surface area contributed by atoms with Gasteiger partial charge in [0.05, 0.1) is 18.8 Å². The summed E-state index contributed by atoms with van der Waals surface area (Å²) in [7, 11) is 0. The summed E-state index contributed by atoms with van der Waals surface area (Å²) < 4.78 is 49.5. The topological polar surface area (TPSA) is 173 Å². The Morgan fingerprint density at radius 3 is 2.40 bits per heavy atom. The second kappa shape index (κ2) is 11.9. The van der Waals surface area contributed by atoms with Gasteiger partial charge < -0.3 is 29.3 Å². The van der Waals surface area contributed by atoms with E-state index in [-0.39, 0.29) is 31.4 Å². The number of aromatic nitrogens is 2. The summed E-state index contributed by atoms with van der Waals surface area (Å²) in [4.78, 5) is 66.9. The Kier molecular flexibility index (Phi) is 8.08. The predicted molar refractivity (Wildman–Crippen MR) is 138 cm³/mol. The molecule has 2 atom stereocenters.